The van der Waals surface area contributed by atoms with Crippen LogP contribution in [-0.4, -0.2) is 75.8 Å². The van der Waals surface area contributed by atoms with E-state index >= 15 is 0 Å². The number of carbonyl (C=O) groups excluding carboxylic acids is 1. The minimum absolute atomic E-state index is 0.0316. The van der Waals surface area contributed by atoms with E-state index in [2.05, 4.69) is 9.88 Å². The molecule has 1 amide bonds. The Labute approximate surface area is 200 Å². The third-order valence-electron chi connectivity index (χ3n) is 6.02. The van der Waals surface area contributed by atoms with Gasteiger partial charge in [-0.2, -0.15) is 0 Å². The van der Waals surface area contributed by atoms with Gasteiger partial charge in [0.05, 0.1) is 18.2 Å². The Morgan fingerprint density at radius 2 is 2.15 bits per heavy atom. The Morgan fingerprint density at radius 1 is 1.38 bits per heavy atom. The molecule has 1 aromatic heterocycles. The molecule has 1 aliphatic heterocycles. The molecule has 2 aromatic rings. The number of rotatable bonds is 8. The van der Waals surface area contributed by atoms with Crippen LogP contribution in [0.25, 0.3) is 6.08 Å². The molecular weight excluding hydrogens is 434 g/mol. The second kappa shape index (κ2) is 11.3. The number of allylic oxidation sites excluding steroid dienone is 1. The lowest BCUT2D eigenvalue weighted by atomic mass is 9.99. The molecule has 3 rings (SSSR count). The van der Waals surface area contributed by atoms with Crippen molar-refractivity contribution in [3.05, 3.63) is 64.9 Å². The van der Waals surface area contributed by atoms with Crippen LogP contribution in [0.3, 0.4) is 0 Å². The molecular formula is C26H33N3O5. The van der Waals surface area contributed by atoms with Gasteiger partial charge >= 0.3 is 5.97 Å². The molecule has 0 bridgehead atoms. The lowest BCUT2D eigenvalue weighted by Gasteiger charge is -2.37. The summed E-state index contributed by atoms with van der Waals surface area (Å²) in [4.78, 5) is 32.9. The molecule has 182 valence electrons. The van der Waals surface area contributed by atoms with Crippen molar-refractivity contribution in [3.8, 4) is 5.88 Å². The van der Waals surface area contributed by atoms with E-state index in [1.54, 1.807) is 35.4 Å². The third-order valence-corrected chi connectivity index (χ3v) is 6.02. The third kappa shape index (κ3) is 6.01. The number of carboxylic acid groups (broad SMARTS) is 1. The van der Waals surface area contributed by atoms with Gasteiger partial charge in [0.15, 0.2) is 0 Å². The van der Waals surface area contributed by atoms with Crippen LogP contribution in [0.1, 0.15) is 52.6 Å². The second-order valence-corrected chi connectivity index (χ2v) is 8.95. The molecule has 0 radical (unpaired) electrons. The van der Waals surface area contributed by atoms with Crippen molar-refractivity contribution in [1.29, 1.82) is 0 Å². The normalized spacial score (nSPS) is 19.5. The van der Waals surface area contributed by atoms with Crippen LogP contribution in [-0.2, 0) is 6.54 Å². The monoisotopic (exact) mass is 467 g/mol. The minimum Gasteiger partial charge on any atom is -0.478 e. The Morgan fingerprint density at radius 3 is 2.82 bits per heavy atom. The Kier molecular flexibility index (Phi) is 8.41. The van der Waals surface area contributed by atoms with Crippen molar-refractivity contribution >= 4 is 18.0 Å². The fourth-order valence-corrected chi connectivity index (χ4v) is 4.11. The van der Waals surface area contributed by atoms with Crippen LogP contribution in [0.4, 0.5) is 0 Å². The molecule has 3 atom stereocenters. The standard InChI is InChI=1S/C26H33N3O5/c1-5-7-19-11-22-24(27-12-19)34-23(17(2)13-29(25(22)31)18(3)16-30)15-28(4)14-20-8-6-9-21(10-20)26(32)33/h5-12,17-18,23,30H,13-16H2,1-4H3,(H,32,33)/b7-5+/t17-,18-,23+/m0/s1. The number of aliphatic hydroxyl groups is 1. The van der Waals surface area contributed by atoms with E-state index in [-0.39, 0.29) is 42.0 Å². The van der Waals surface area contributed by atoms with Gasteiger partial charge < -0.3 is 19.8 Å². The molecule has 0 saturated carbocycles. The molecule has 8 nitrogen and oxygen atoms in total. The lowest BCUT2D eigenvalue weighted by molar-refractivity contribution is 0.0325. The highest BCUT2D eigenvalue weighted by molar-refractivity contribution is 5.97. The van der Waals surface area contributed by atoms with E-state index < -0.39 is 5.97 Å². The molecule has 0 spiro atoms. The number of aliphatic hydroxyl groups excluding tert-OH is 1. The number of fused-ring (bicyclic) bond motifs is 1. The minimum atomic E-state index is -0.954. The summed E-state index contributed by atoms with van der Waals surface area (Å²) in [5.74, 6) is -0.911. The predicted octanol–water partition coefficient (Wildman–Crippen LogP) is 3.17. The fourth-order valence-electron chi connectivity index (χ4n) is 4.11. The molecule has 0 unspecified atom stereocenters. The van der Waals surface area contributed by atoms with Crippen LogP contribution < -0.4 is 4.74 Å². The fraction of sp³-hybridized carbons (Fsp3) is 0.423. The first-order valence-electron chi connectivity index (χ1n) is 11.5. The number of ether oxygens (including phenoxy) is 1. The number of pyridine rings is 1. The maximum absolute atomic E-state index is 13.4. The molecule has 8 heteroatoms. The van der Waals surface area contributed by atoms with Crippen molar-refractivity contribution in [2.24, 2.45) is 5.92 Å². The van der Waals surface area contributed by atoms with Gasteiger partial charge in [0, 0.05) is 31.7 Å². The summed E-state index contributed by atoms with van der Waals surface area (Å²) < 4.78 is 6.30. The average molecular weight is 468 g/mol. The summed E-state index contributed by atoms with van der Waals surface area (Å²) >= 11 is 0. The first kappa shape index (κ1) is 25.4. The quantitative estimate of drug-likeness (QED) is 0.615. The molecule has 2 N–H and O–H groups in total. The van der Waals surface area contributed by atoms with Crippen molar-refractivity contribution in [2.45, 2.75) is 39.5 Å². The van der Waals surface area contributed by atoms with Crippen molar-refractivity contribution in [2.75, 3.05) is 26.7 Å². The van der Waals surface area contributed by atoms with Gasteiger partial charge in [-0.1, -0.05) is 31.2 Å². The molecule has 2 heterocycles. The molecule has 0 fully saturated rings. The lowest BCUT2D eigenvalue weighted by Crippen LogP contribution is -2.49. The molecule has 1 aromatic carbocycles. The smallest absolute Gasteiger partial charge is 0.335 e. The number of hydrogen-bond donors (Lipinski definition) is 2. The first-order valence-corrected chi connectivity index (χ1v) is 11.5. The molecule has 0 saturated heterocycles. The van der Waals surface area contributed by atoms with Crippen LogP contribution in [0.2, 0.25) is 0 Å². The average Bonchev–Trinajstić information content (AvgIpc) is 2.81. The van der Waals surface area contributed by atoms with Crippen molar-refractivity contribution in [1.82, 2.24) is 14.8 Å². The van der Waals surface area contributed by atoms with Gasteiger partial charge in [0.2, 0.25) is 5.88 Å². The first-order chi connectivity index (χ1) is 16.2. The zero-order valence-electron chi connectivity index (χ0n) is 20.1. The van der Waals surface area contributed by atoms with Gasteiger partial charge in [-0.3, -0.25) is 9.69 Å². The van der Waals surface area contributed by atoms with Gasteiger partial charge in [0.25, 0.3) is 5.91 Å². The van der Waals surface area contributed by atoms with Crippen LogP contribution in [0.5, 0.6) is 5.88 Å². The van der Waals surface area contributed by atoms with E-state index in [9.17, 15) is 19.8 Å². The Hall–Kier alpha value is -3.23. The number of benzene rings is 1. The molecule has 1 aliphatic rings. The zero-order valence-corrected chi connectivity index (χ0v) is 20.1. The van der Waals surface area contributed by atoms with E-state index in [0.717, 1.165) is 11.1 Å². The number of likely N-dealkylation sites (N-methyl/N-ethyl adjacent to an activating group) is 1. The van der Waals surface area contributed by atoms with Crippen LogP contribution >= 0.6 is 0 Å². The SMILES string of the molecule is C/C=C/c1cnc2c(c1)C(=O)N([C@@H](C)CO)C[C@H](C)[C@@H](CN(C)Cc1cccc(C(=O)O)c1)O2. The largest absolute Gasteiger partial charge is 0.478 e. The van der Waals surface area contributed by atoms with Gasteiger partial charge in [-0.25, -0.2) is 9.78 Å². The highest BCUT2D eigenvalue weighted by Crippen LogP contribution is 2.28. The number of carboxylic acids is 1. The van der Waals surface area contributed by atoms with Crippen molar-refractivity contribution < 1.29 is 24.5 Å². The van der Waals surface area contributed by atoms with E-state index in [1.807, 2.05) is 46.0 Å². The predicted molar refractivity (Wildman–Crippen MR) is 130 cm³/mol. The maximum Gasteiger partial charge on any atom is 0.335 e. The number of aromatic carboxylic acids is 1. The molecule has 34 heavy (non-hydrogen) atoms. The highest BCUT2D eigenvalue weighted by Gasteiger charge is 2.34. The number of aromatic nitrogens is 1. The van der Waals surface area contributed by atoms with E-state index in [4.69, 9.17) is 4.74 Å². The number of carbonyl (C=O) groups is 2. The molecule has 0 aliphatic carbocycles. The number of amides is 1. The Bertz CT molecular complexity index is 1050. The summed E-state index contributed by atoms with van der Waals surface area (Å²) in [5.41, 5.74) is 2.32. The summed E-state index contributed by atoms with van der Waals surface area (Å²) in [6.07, 6.45) is 5.16. The zero-order chi connectivity index (χ0) is 24.8. The van der Waals surface area contributed by atoms with Gasteiger partial charge in [-0.05, 0) is 50.2 Å². The maximum atomic E-state index is 13.4. The van der Waals surface area contributed by atoms with E-state index in [1.165, 1.54) is 0 Å². The van der Waals surface area contributed by atoms with Gasteiger partial charge in [0.1, 0.15) is 11.7 Å². The van der Waals surface area contributed by atoms with Crippen LogP contribution in [0.15, 0.2) is 42.6 Å². The summed E-state index contributed by atoms with van der Waals surface area (Å²) in [5, 5.41) is 19.0. The Balaban J connectivity index is 1.87. The highest BCUT2D eigenvalue weighted by atomic mass is 16.5. The summed E-state index contributed by atoms with van der Waals surface area (Å²) in [6, 6.07) is 8.31. The number of hydrogen-bond acceptors (Lipinski definition) is 6. The van der Waals surface area contributed by atoms with E-state index in [0.29, 0.717) is 25.2 Å². The van der Waals surface area contributed by atoms with Crippen molar-refractivity contribution in [3.63, 3.8) is 0 Å². The number of nitrogens with zero attached hydrogens (tertiary/aromatic N) is 3. The topological polar surface area (TPSA) is 103 Å². The summed E-state index contributed by atoms with van der Waals surface area (Å²) in [7, 11) is 1.95. The van der Waals surface area contributed by atoms with Gasteiger partial charge in [-0.15, -0.1) is 0 Å². The second-order valence-electron chi connectivity index (χ2n) is 8.95. The summed E-state index contributed by atoms with van der Waals surface area (Å²) in [6.45, 7) is 7.13. The van der Waals surface area contributed by atoms with Crippen LogP contribution in [0, 0.1) is 5.92 Å².